The molecule has 1 saturated heterocycles. The van der Waals surface area contributed by atoms with Crippen LogP contribution in [-0.4, -0.2) is 25.5 Å². The zero-order valence-corrected chi connectivity index (χ0v) is 15.3. The molecule has 3 rings (SSSR count). The average Bonchev–Trinajstić information content (AvgIpc) is 2.64. The van der Waals surface area contributed by atoms with Crippen molar-refractivity contribution in [1.82, 2.24) is 0 Å². The van der Waals surface area contributed by atoms with Crippen molar-refractivity contribution in [2.45, 2.75) is 26.2 Å². The van der Waals surface area contributed by atoms with E-state index in [-0.39, 0.29) is 12.5 Å². The van der Waals surface area contributed by atoms with Gasteiger partial charge in [-0.25, -0.2) is 0 Å². The van der Waals surface area contributed by atoms with Crippen molar-refractivity contribution in [3.05, 3.63) is 53.1 Å². The van der Waals surface area contributed by atoms with Crippen molar-refractivity contribution < 1.29 is 4.79 Å². The number of nitrogens with one attached hydrogen (secondary N) is 2. The molecule has 1 heterocycles. The second kappa shape index (κ2) is 8.26. The smallest absolute Gasteiger partial charge is 0.243 e. The van der Waals surface area contributed by atoms with Crippen LogP contribution in [0.5, 0.6) is 0 Å². The van der Waals surface area contributed by atoms with Crippen LogP contribution in [0.2, 0.25) is 5.02 Å². The Labute approximate surface area is 154 Å². The Kier molecular flexibility index (Phi) is 5.82. The summed E-state index contributed by atoms with van der Waals surface area (Å²) in [5.41, 5.74) is 3.94. The molecule has 0 atom stereocenters. The van der Waals surface area contributed by atoms with Gasteiger partial charge in [-0.3, -0.25) is 4.79 Å². The highest BCUT2D eigenvalue weighted by Crippen LogP contribution is 2.22. The van der Waals surface area contributed by atoms with E-state index in [2.05, 4.69) is 27.7 Å². The van der Waals surface area contributed by atoms with Crippen LogP contribution < -0.4 is 15.5 Å². The number of carbonyl (C=O) groups excluding carboxylic acids is 1. The Morgan fingerprint density at radius 3 is 2.52 bits per heavy atom. The Morgan fingerprint density at radius 2 is 1.80 bits per heavy atom. The predicted molar refractivity (Wildman–Crippen MR) is 106 cm³/mol. The summed E-state index contributed by atoms with van der Waals surface area (Å²) in [6, 6.07) is 13.8. The highest BCUT2D eigenvalue weighted by molar-refractivity contribution is 6.31. The topological polar surface area (TPSA) is 44.4 Å². The van der Waals surface area contributed by atoms with E-state index in [1.807, 2.05) is 31.2 Å². The molecule has 2 aromatic carbocycles. The maximum absolute atomic E-state index is 12.1. The fourth-order valence-electron chi connectivity index (χ4n) is 3.05. The molecule has 2 N–H and O–H groups in total. The minimum absolute atomic E-state index is 0.0922. The summed E-state index contributed by atoms with van der Waals surface area (Å²) in [5.74, 6) is -0.0922. The van der Waals surface area contributed by atoms with Gasteiger partial charge in [0.15, 0.2) is 0 Å². The minimum atomic E-state index is -0.0922. The number of rotatable bonds is 5. The SMILES string of the molecule is Cc1ccc(Cl)cc1NC(=O)CNc1ccc(N2CCCCC2)cc1. The highest BCUT2D eigenvalue weighted by atomic mass is 35.5. The van der Waals surface area contributed by atoms with Crippen molar-refractivity contribution in [2.24, 2.45) is 0 Å². The number of benzene rings is 2. The summed E-state index contributed by atoms with van der Waals surface area (Å²) in [7, 11) is 0. The third-order valence-electron chi connectivity index (χ3n) is 4.52. The number of carbonyl (C=O) groups is 1. The monoisotopic (exact) mass is 357 g/mol. The van der Waals surface area contributed by atoms with Crippen LogP contribution in [0.25, 0.3) is 0 Å². The molecular formula is C20H24ClN3O. The van der Waals surface area contributed by atoms with Gasteiger partial charge in [-0.05, 0) is 68.1 Å². The van der Waals surface area contributed by atoms with E-state index in [1.54, 1.807) is 6.07 Å². The molecule has 0 unspecified atom stereocenters. The summed E-state index contributed by atoms with van der Waals surface area (Å²) < 4.78 is 0. The second-order valence-electron chi connectivity index (χ2n) is 6.46. The number of halogens is 1. The molecule has 2 aromatic rings. The molecule has 25 heavy (non-hydrogen) atoms. The summed E-state index contributed by atoms with van der Waals surface area (Å²) in [5, 5.41) is 6.67. The molecule has 0 aliphatic carbocycles. The quantitative estimate of drug-likeness (QED) is 0.815. The van der Waals surface area contributed by atoms with Crippen molar-refractivity contribution in [3.63, 3.8) is 0 Å². The van der Waals surface area contributed by atoms with Gasteiger partial charge in [0.25, 0.3) is 0 Å². The second-order valence-corrected chi connectivity index (χ2v) is 6.89. The molecule has 0 spiro atoms. The fraction of sp³-hybridized carbons (Fsp3) is 0.350. The van der Waals surface area contributed by atoms with Crippen molar-refractivity contribution in [2.75, 3.05) is 35.2 Å². The average molecular weight is 358 g/mol. The highest BCUT2D eigenvalue weighted by Gasteiger charge is 2.11. The van der Waals surface area contributed by atoms with Crippen molar-refractivity contribution in [3.8, 4) is 0 Å². The fourth-order valence-corrected chi connectivity index (χ4v) is 3.22. The van der Waals surface area contributed by atoms with E-state index in [1.165, 1.54) is 24.9 Å². The van der Waals surface area contributed by atoms with Crippen LogP contribution in [0.4, 0.5) is 17.1 Å². The van der Waals surface area contributed by atoms with Crippen LogP contribution in [-0.2, 0) is 4.79 Å². The molecule has 1 amide bonds. The summed E-state index contributed by atoms with van der Waals surface area (Å²) in [4.78, 5) is 14.6. The van der Waals surface area contributed by atoms with Crippen molar-refractivity contribution in [1.29, 1.82) is 0 Å². The molecule has 5 heteroatoms. The first-order valence-electron chi connectivity index (χ1n) is 8.77. The van der Waals surface area contributed by atoms with Crippen LogP contribution >= 0.6 is 11.6 Å². The number of nitrogens with zero attached hydrogens (tertiary/aromatic N) is 1. The Balaban J connectivity index is 1.52. The van der Waals surface area contributed by atoms with Crippen LogP contribution in [0.15, 0.2) is 42.5 Å². The van der Waals surface area contributed by atoms with Gasteiger partial charge < -0.3 is 15.5 Å². The molecule has 1 aliphatic heterocycles. The number of hydrogen-bond donors (Lipinski definition) is 2. The normalized spacial score (nSPS) is 14.2. The molecule has 1 fully saturated rings. The lowest BCUT2D eigenvalue weighted by Gasteiger charge is -2.28. The van der Waals surface area contributed by atoms with Crippen LogP contribution in [0, 0.1) is 6.92 Å². The summed E-state index contributed by atoms with van der Waals surface area (Å²) >= 11 is 5.98. The first kappa shape index (κ1) is 17.6. The van der Waals surface area contributed by atoms with Gasteiger partial charge >= 0.3 is 0 Å². The lowest BCUT2D eigenvalue weighted by atomic mass is 10.1. The first-order valence-corrected chi connectivity index (χ1v) is 9.14. The molecule has 4 nitrogen and oxygen atoms in total. The molecule has 0 aromatic heterocycles. The summed E-state index contributed by atoms with van der Waals surface area (Å²) in [6.45, 7) is 4.43. The molecule has 1 aliphatic rings. The largest absolute Gasteiger partial charge is 0.376 e. The zero-order valence-electron chi connectivity index (χ0n) is 14.5. The van der Waals surface area contributed by atoms with E-state index in [4.69, 9.17) is 11.6 Å². The molecular weight excluding hydrogens is 334 g/mol. The maximum Gasteiger partial charge on any atom is 0.243 e. The van der Waals surface area contributed by atoms with E-state index in [9.17, 15) is 4.79 Å². The Hall–Kier alpha value is -2.20. The number of piperidine rings is 1. The molecule has 132 valence electrons. The number of anilines is 3. The van der Waals surface area contributed by atoms with Gasteiger partial charge in [0.2, 0.25) is 5.91 Å². The van der Waals surface area contributed by atoms with Gasteiger partial charge in [-0.1, -0.05) is 17.7 Å². The van der Waals surface area contributed by atoms with Crippen LogP contribution in [0.3, 0.4) is 0 Å². The lowest BCUT2D eigenvalue weighted by molar-refractivity contribution is -0.114. The Bertz CT molecular complexity index is 724. The standard InChI is InChI=1S/C20H24ClN3O/c1-15-5-6-16(21)13-19(15)23-20(25)14-22-17-7-9-18(10-8-17)24-11-3-2-4-12-24/h5-10,13,22H,2-4,11-12,14H2,1H3,(H,23,25). The zero-order chi connectivity index (χ0) is 17.6. The van der Waals surface area contributed by atoms with Gasteiger partial charge in [0.05, 0.1) is 6.54 Å². The minimum Gasteiger partial charge on any atom is -0.376 e. The van der Waals surface area contributed by atoms with E-state index >= 15 is 0 Å². The van der Waals surface area contributed by atoms with Gasteiger partial charge in [0.1, 0.15) is 0 Å². The lowest BCUT2D eigenvalue weighted by Crippen LogP contribution is -2.29. The first-order chi connectivity index (χ1) is 12.1. The van der Waals surface area contributed by atoms with E-state index in [0.29, 0.717) is 5.02 Å². The van der Waals surface area contributed by atoms with E-state index in [0.717, 1.165) is 30.0 Å². The molecule has 0 bridgehead atoms. The van der Waals surface area contributed by atoms with E-state index < -0.39 is 0 Å². The third kappa shape index (κ3) is 4.89. The van der Waals surface area contributed by atoms with Crippen molar-refractivity contribution >= 4 is 34.6 Å². The Morgan fingerprint density at radius 1 is 1.08 bits per heavy atom. The van der Waals surface area contributed by atoms with Gasteiger partial charge in [-0.15, -0.1) is 0 Å². The predicted octanol–water partition coefficient (Wildman–Crippen LogP) is 4.69. The van der Waals surface area contributed by atoms with Gasteiger partial charge in [-0.2, -0.15) is 0 Å². The third-order valence-corrected chi connectivity index (χ3v) is 4.75. The summed E-state index contributed by atoms with van der Waals surface area (Å²) in [6.07, 6.45) is 3.86. The number of amides is 1. The molecule has 0 saturated carbocycles. The maximum atomic E-state index is 12.1. The number of aryl methyl sites for hydroxylation is 1. The van der Waals surface area contributed by atoms with Crippen LogP contribution in [0.1, 0.15) is 24.8 Å². The van der Waals surface area contributed by atoms with Gasteiger partial charge in [0, 0.05) is 35.2 Å². The molecule has 0 radical (unpaired) electrons. The number of hydrogen-bond acceptors (Lipinski definition) is 3.